The Hall–Kier alpha value is -1.30. The Bertz CT molecular complexity index is 400. The molecule has 2 rings (SSSR count). The zero-order valence-electron chi connectivity index (χ0n) is 12.4. The topological polar surface area (TPSA) is 78.9 Å². The SMILES string of the molecule is CC(C)(C)OC(=O)N1CCCC2(C(=O)O)CNCCC12. The second-order valence-electron chi connectivity index (χ2n) is 6.72. The molecule has 2 aliphatic heterocycles. The van der Waals surface area contributed by atoms with Gasteiger partial charge in [-0.1, -0.05) is 0 Å². The quantitative estimate of drug-likeness (QED) is 0.762. The van der Waals surface area contributed by atoms with Gasteiger partial charge in [-0.15, -0.1) is 0 Å². The Labute approximate surface area is 119 Å². The number of carbonyl (C=O) groups excluding carboxylic acids is 1. The van der Waals surface area contributed by atoms with E-state index in [-0.39, 0.29) is 6.04 Å². The molecular formula is C14H24N2O4. The number of aliphatic carboxylic acids is 1. The highest BCUT2D eigenvalue weighted by Gasteiger charge is 2.53. The molecule has 2 aliphatic rings. The number of rotatable bonds is 1. The molecule has 2 atom stereocenters. The molecule has 0 aromatic carbocycles. The highest BCUT2D eigenvalue weighted by Crippen LogP contribution is 2.40. The molecule has 2 heterocycles. The van der Waals surface area contributed by atoms with Crippen molar-refractivity contribution in [2.75, 3.05) is 19.6 Å². The van der Waals surface area contributed by atoms with Crippen molar-refractivity contribution >= 4 is 12.1 Å². The number of hydrogen-bond acceptors (Lipinski definition) is 4. The van der Waals surface area contributed by atoms with Gasteiger partial charge in [-0.05, 0) is 46.6 Å². The number of nitrogens with zero attached hydrogens (tertiary/aromatic N) is 1. The van der Waals surface area contributed by atoms with Gasteiger partial charge in [0.15, 0.2) is 0 Å². The fourth-order valence-electron chi connectivity index (χ4n) is 3.24. The lowest BCUT2D eigenvalue weighted by molar-refractivity contribution is -0.158. The van der Waals surface area contributed by atoms with Crippen molar-refractivity contribution in [1.82, 2.24) is 10.2 Å². The predicted molar refractivity (Wildman–Crippen MR) is 73.5 cm³/mol. The van der Waals surface area contributed by atoms with Crippen molar-refractivity contribution in [3.63, 3.8) is 0 Å². The Morgan fingerprint density at radius 1 is 1.40 bits per heavy atom. The van der Waals surface area contributed by atoms with Gasteiger partial charge < -0.3 is 20.1 Å². The van der Waals surface area contributed by atoms with Crippen LogP contribution in [0, 0.1) is 5.41 Å². The lowest BCUT2D eigenvalue weighted by Crippen LogP contribution is -2.64. The lowest BCUT2D eigenvalue weighted by Gasteiger charge is -2.50. The van der Waals surface area contributed by atoms with E-state index in [2.05, 4.69) is 5.32 Å². The van der Waals surface area contributed by atoms with Crippen LogP contribution in [0.4, 0.5) is 4.79 Å². The monoisotopic (exact) mass is 284 g/mol. The maximum atomic E-state index is 12.3. The van der Waals surface area contributed by atoms with Gasteiger partial charge in [0.25, 0.3) is 0 Å². The number of carboxylic acids is 1. The van der Waals surface area contributed by atoms with Crippen LogP contribution >= 0.6 is 0 Å². The molecule has 114 valence electrons. The number of ether oxygens (including phenoxy) is 1. The Morgan fingerprint density at radius 2 is 2.10 bits per heavy atom. The summed E-state index contributed by atoms with van der Waals surface area (Å²) in [6, 6.07) is -0.273. The van der Waals surface area contributed by atoms with Crippen LogP contribution < -0.4 is 5.32 Å². The van der Waals surface area contributed by atoms with E-state index < -0.39 is 23.1 Å². The molecule has 0 aromatic rings. The molecule has 6 nitrogen and oxygen atoms in total. The number of amides is 1. The number of hydrogen-bond donors (Lipinski definition) is 2. The molecule has 20 heavy (non-hydrogen) atoms. The third-order valence-corrected chi connectivity index (χ3v) is 4.12. The third kappa shape index (κ3) is 2.75. The molecule has 1 amide bonds. The predicted octanol–water partition coefficient (Wildman–Crippen LogP) is 1.45. The van der Waals surface area contributed by atoms with Crippen LogP contribution in [0.25, 0.3) is 0 Å². The third-order valence-electron chi connectivity index (χ3n) is 4.12. The molecule has 2 fully saturated rings. The molecule has 0 aromatic heterocycles. The molecule has 0 radical (unpaired) electrons. The number of piperidine rings is 2. The van der Waals surface area contributed by atoms with E-state index in [1.807, 2.05) is 20.8 Å². The maximum Gasteiger partial charge on any atom is 0.410 e. The van der Waals surface area contributed by atoms with Crippen molar-refractivity contribution in [2.24, 2.45) is 5.41 Å². The van der Waals surface area contributed by atoms with Gasteiger partial charge in [0.05, 0.1) is 6.04 Å². The van der Waals surface area contributed by atoms with Crippen LogP contribution in [0.1, 0.15) is 40.0 Å². The van der Waals surface area contributed by atoms with Gasteiger partial charge in [0, 0.05) is 13.1 Å². The summed E-state index contributed by atoms with van der Waals surface area (Å²) in [6.07, 6.45) is 1.57. The molecule has 2 unspecified atom stereocenters. The van der Waals surface area contributed by atoms with Crippen molar-refractivity contribution in [1.29, 1.82) is 0 Å². The molecule has 2 N–H and O–H groups in total. The van der Waals surface area contributed by atoms with Gasteiger partial charge in [0.2, 0.25) is 0 Å². The maximum absolute atomic E-state index is 12.3. The van der Waals surface area contributed by atoms with Gasteiger partial charge >= 0.3 is 12.1 Å². The molecule has 0 aliphatic carbocycles. The average Bonchev–Trinajstić information content (AvgIpc) is 2.35. The molecule has 0 bridgehead atoms. The summed E-state index contributed by atoms with van der Waals surface area (Å²) in [6.45, 7) is 7.20. The number of carboxylic acid groups (broad SMARTS) is 1. The van der Waals surface area contributed by atoms with Crippen LogP contribution in [0.5, 0.6) is 0 Å². The number of fused-ring (bicyclic) bond motifs is 1. The first-order chi connectivity index (χ1) is 9.26. The second-order valence-corrected chi connectivity index (χ2v) is 6.72. The van der Waals surface area contributed by atoms with E-state index in [0.29, 0.717) is 32.4 Å². The summed E-state index contributed by atoms with van der Waals surface area (Å²) >= 11 is 0. The van der Waals surface area contributed by atoms with Crippen molar-refractivity contribution < 1.29 is 19.4 Å². The number of carbonyl (C=O) groups is 2. The van der Waals surface area contributed by atoms with Gasteiger partial charge in [-0.25, -0.2) is 4.79 Å². The van der Waals surface area contributed by atoms with Crippen LogP contribution in [0.15, 0.2) is 0 Å². The van der Waals surface area contributed by atoms with Crippen LogP contribution in [0.3, 0.4) is 0 Å². The van der Waals surface area contributed by atoms with E-state index >= 15 is 0 Å². The van der Waals surface area contributed by atoms with Crippen molar-refractivity contribution in [3.8, 4) is 0 Å². The second kappa shape index (κ2) is 5.24. The first-order valence-corrected chi connectivity index (χ1v) is 7.20. The summed E-state index contributed by atoms with van der Waals surface area (Å²) in [4.78, 5) is 25.7. The summed E-state index contributed by atoms with van der Waals surface area (Å²) in [5.74, 6) is -0.817. The summed E-state index contributed by atoms with van der Waals surface area (Å²) < 4.78 is 5.42. The minimum Gasteiger partial charge on any atom is -0.481 e. The Balaban J connectivity index is 2.22. The summed E-state index contributed by atoms with van der Waals surface area (Å²) in [5.41, 5.74) is -1.43. The Kier molecular flexibility index (Phi) is 3.95. The summed E-state index contributed by atoms with van der Waals surface area (Å²) in [7, 11) is 0. The minimum atomic E-state index is -0.868. The largest absolute Gasteiger partial charge is 0.481 e. The molecule has 2 saturated heterocycles. The molecular weight excluding hydrogens is 260 g/mol. The molecule has 0 saturated carbocycles. The van der Waals surface area contributed by atoms with Crippen molar-refractivity contribution in [2.45, 2.75) is 51.7 Å². The van der Waals surface area contributed by atoms with E-state index in [0.717, 1.165) is 6.54 Å². The van der Waals surface area contributed by atoms with E-state index in [1.165, 1.54) is 0 Å². The lowest BCUT2D eigenvalue weighted by atomic mass is 9.70. The number of likely N-dealkylation sites (tertiary alicyclic amines) is 1. The highest BCUT2D eigenvalue weighted by atomic mass is 16.6. The normalized spacial score (nSPS) is 30.6. The first kappa shape index (κ1) is 15.1. The zero-order valence-corrected chi connectivity index (χ0v) is 12.4. The van der Waals surface area contributed by atoms with Gasteiger partial charge in [-0.2, -0.15) is 0 Å². The van der Waals surface area contributed by atoms with Crippen LogP contribution in [0.2, 0.25) is 0 Å². The molecule has 6 heteroatoms. The van der Waals surface area contributed by atoms with Crippen LogP contribution in [-0.4, -0.2) is 53.3 Å². The van der Waals surface area contributed by atoms with E-state index in [1.54, 1.807) is 4.90 Å². The minimum absolute atomic E-state index is 0.273. The number of nitrogens with one attached hydrogen (secondary N) is 1. The fourth-order valence-corrected chi connectivity index (χ4v) is 3.24. The standard InChI is InChI=1S/C14H24N2O4/c1-13(2,3)20-12(19)16-8-4-6-14(11(17)18)9-15-7-5-10(14)16/h10,15H,4-9H2,1-3H3,(H,17,18). The molecule has 0 spiro atoms. The smallest absolute Gasteiger partial charge is 0.410 e. The van der Waals surface area contributed by atoms with Crippen LogP contribution in [-0.2, 0) is 9.53 Å². The zero-order chi connectivity index (χ0) is 15.0. The van der Waals surface area contributed by atoms with Gasteiger partial charge in [-0.3, -0.25) is 4.79 Å². The van der Waals surface area contributed by atoms with Gasteiger partial charge in [0.1, 0.15) is 11.0 Å². The fraction of sp³-hybridized carbons (Fsp3) is 0.857. The van der Waals surface area contributed by atoms with E-state index in [4.69, 9.17) is 4.74 Å². The average molecular weight is 284 g/mol. The van der Waals surface area contributed by atoms with E-state index in [9.17, 15) is 14.7 Å². The first-order valence-electron chi connectivity index (χ1n) is 7.20. The highest BCUT2D eigenvalue weighted by molar-refractivity contribution is 5.78. The van der Waals surface area contributed by atoms with Crippen molar-refractivity contribution in [3.05, 3.63) is 0 Å². The summed E-state index contributed by atoms with van der Waals surface area (Å²) in [5, 5.41) is 12.8. The Morgan fingerprint density at radius 3 is 2.70 bits per heavy atom.